The topological polar surface area (TPSA) is 83.4 Å². The Kier molecular flexibility index (Phi) is 5.82. The lowest BCUT2D eigenvalue weighted by Crippen LogP contribution is -2.24. The van der Waals surface area contributed by atoms with Crippen LogP contribution in [0.1, 0.15) is 54.6 Å². The molecule has 1 aromatic carbocycles. The Morgan fingerprint density at radius 3 is 2.39 bits per heavy atom. The molecular weight excluding hydrogens is 565 g/mol. The lowest BCUT2D eigenvalue weighted by Gasteiger charge is -2.15. The summed E-state index contributed by atoms with van der Waals surface area (Å²) < 4.78 is 74.7. The van der Waals surface area contributed by atoms with Crippen LogP contribution in [0.2, 0.25) is 0 Å². The number of pyridine rings is 2. The standard InChI is InChI=1S/C27H20F5N7OS/c1-37-12-33-36-25(37)18-10-16(28)6-7-17(18)15-8-20(13-2-3-13)34-21(9-15)38-11-19(27(29,30)31)22-23(26(38)40)39(41-32)24(35-22)14-4-5-14/h6-14H,2-5H2,1H3. The van der Waals surface area contributed by atoms with E-state index in [1.54, 1.807) is 23.7 Å². The third-order valence-electron chi connectivity index (χ3n) is 7.43. The van der Waals surface area contributed by atoms with Gasteiger partial charge in [0.05, 0.1) is 0 Å². The molecule has 4 heterocycles. The summed E-state index contributed by atoms with van der Waals surface area (Å²) in [5.41, 5.74) is -1.10. The zero-order valence-electron chi connectivity index (χ0n) is 21.4. The predicted octanol–water partition coefficient (Wildman–Crippen LogP) is 6.34. The first-order chi connectivity index (χ1) is 19.6. The van der Waals surface area contributed by atoms with E-state index in [0.717, 1.165) is 21.4 Å². The first-order valence-corrected chi connectivity index (χ1v) is 13.5. The number of aryl methyl sites for hydroxylation is 1. The van der Waals surface area contributed by atoms with Crippen molar-refractivity contribution >= 4 is 23.4 Å². The van der Waals surface area contributed by atoms with Gasteiger partial charge in [-0.1, -0.05) is 6.07 Å². The molecule has 41 heavy (non-hydrogen) atoms. The van der Waals surface area contributed by atoms with Gasteiger partial charge in [-0.15, -0.1) is 14.1 Å². The van der Waals surface area contributed by atoms with Crippen LogP contribution in [-0.4, -0.2) is 33.3 Å². The van der Waals surface area contributed by atoms with E-state index in [9.17, 15) is 26.2 Å². The maximum atomic E-state index is 14.4. The van der Waals surface area contributed by atoms with Crippen molar-refractivity contribution in [1.29, 1.82) is 0 Å². The second-order valence-corrected chi connectivity index (χ2v) is 10.9. The summed E-state index contributed by atoms with van der Waals surface area (Å²) in [5, 5.41) is 7.97. The van der Waals surface area contributed by atoms with Gasteiger partial charge in [-0.05, 0) is 61.1 Å². The number of halogens is 5. The van der Waals surface area contributed by atoms with E-state index in [4.69, 9.17) is 0 Å². The van der Waals surface area contributed by atoms with Crippen molar-refractivity contribution in [3.63, 3.8) is 0 Å². The number of hydrogen-bond donors (Lipinski definition) is 0. The predicted molar refractivity (Wildman–Crippen MR) is 142 cm³/mol. The minimum absolute atomic E-state index is 0.0577. The number of alkyl halides is 3. The largest absolute Gasteiger partial charge is 0.419 e. The van der Waals surface area contributed by atoms with Crippen LogP contribution in [0.3, 0.4) is 0 Å². The number of aromatic nitrogens is 7. The van der Waals surface area contributed by atoms with Crippen LogP contribution in [0, 0.1) is 5.82 Å². The molecule has 0 bridgehead atoms. The van der Waals surface area contributed by atoms with Gasteiger partial charge >= 0.3 is 6.18 Å². The van der Waals surface area contributed by atoms with Crippen molar-refractivity contribution < 1.29 is 21.4 Å². The number of imidazole rings is 1. The van der Waals surface area contributed by atoms with E-state index >= 15 is 0 Å². The van der Waals surface area contributed by atoms with Gasteiger partial charge in [-0.3, -0.25) is 9.36 Å². The van der Waals surface area contributed by atoms with Gasteiger partial charge in [0, 0.05) is 36.3 Å². The molecule has 5 aromatic rings. The minimum Gasteiger partial charge on any atom is -0.317 e. The number of nitrogens with zero attached hydrogens (tertiary/aromatic N) is 7. The monoisotopic (exact) mass is 585 g/mol. The summed E-state index contributed by atoms with van der Waals surface area (Å²) in [4.78, 5) is 22.4. The van der Waals surface area contributed by atoms with Crippen LogP contribution >= 0.6 is 12.3 Å². The van der Waals surface area contributed by atoms with Crippen molar-refractivity contribution in [2.24, 2.45) is 7.05 Å². The quantitative estimate of drug-likeness (QED) is 0.216. The van der Waals surface area contributed by atoms with Crippen molar-refractivity contribution in [1.82, 2.24) is 33.3 Å². The minimum atomic E-state index is -4.87. The molecule has 7 rings (SSSR count). The number of benzene rings is 1. The smallest absolute Gasteiger partial charge is 0.317 e. The van der Waals surface area contributed by atoms with Gasteiger partial charge in [0.15, 0.2) is 18.2 Å². The average Bonchev–Trinajstić information content (AvgIpc) is 3.87. The van der Waals surface area contributed by atoms with Crippen molar-refractivity contribution in [3.8, 4) is 28.3 Å². The summed E-state index contributed by atoms with van der Waals surface area (Å²) in [5.74, 6) is -0.251. The first-order valence-electron chi connectivity index (χ1n) is 12.8. The zero-order valence-corrected chi connectivity index (χ0v) is 22.2. The van der Waals surface area contributed by atoms with E-state index < -0.39 is 34.1 Å². The second kappa shape index (κ2) is 9.23. The van der Waals surface area contributed by atoms with Crippen LogP contribution in [0.15, 0.2) is 47.7 Å². The van der Waals surface area contributed by atoms with Gasteiger partial charge in [-0.25, -0.2) is 18.3 Å². The SMILES string of the molecule is Cn1cnnc1-c1cc(F)ccc1-c1cc(C2CC2)nc(-n2cc(C(F)(F)F)c3nc(C4CC4)n(SF)c3c2=O)c1. The van der Waals surface area contributed by atoms with E-state index in [2.05, 4.69) is 20.2 Å². The van der Waals surface area contributed by atoms with Crippen LogP contribution in [0.4, 0.5) is 21.4 Å². The maximum absolute atomic E-state index is 14.4. The Labute approximate surface area is 233 Å². The highest BCUT2D eigenvalue weighted by atomic mass is 32.2. The van der Waals surface area contributed by atoms with E-state index in [-0.39, 0.29) is 35.8 Å². The van der Waals surface area contributed by atoms with E-state index in [1.165, 1.54) is 24.5 Å². The molecule has 4 aromatic heterocycles. The molecule has 0 N–H and O–H groups in total. The molecule has 0 saturated heterocycles. The fraction of sp³-hybridized carbons (Fsp3) is 0.296. The molecule has 0 spiro atoms. The molecule has 0 unspecified atom stereocenters. The van der Waals surface area contributed by atoms with Gasteiger partial charge in [0.2, 0.25) is 0 Å². The molecule has 2 saturated carbocycles. The van der Waals surface area contributed by atoms with E-state index in [0.29, 0.717) is 47.2 Å². The summed E-state index contributed by atoms with van der Waals surface area (Å²) in [7, 11) is 1.70. The third-order valence-corrected chi connectivity index (χ3v) is 7.94. The molecule has 0 aliphatic heterocycles. The molecular formula is C27H20F5N7OS. The molecule has 2 aliphatic carbocycles. The van der Waals surface area contributed by atoms with Crippen LogP contribution in [0.25, 0.3) is 39.4 Å². The Bertz CT molecular complexity index is 1900. The molecule has 0 amide bonds. The summed E-state index contributed by atoms with van der Waals surface area (Å²) in [6.07, 6.45) is 0.228. The van der Waals surface area contributed by atoms with Crippen molar-refractivity contribution in [2.45, 2.75) is 43.7 Å². The van der Waals surface area contributed by atoms with Gasteiger partial charge in [0.1, 0.15) is 40.4 Å². The highest BCUT2D eigenvalue weighted by molar-refractivity contribution is 7.92. The normalized spacial score (nSPS) is 15.7. The maximum Gasteiger partial charge on any atom is 0.419 e. The second-order valence-electron chi connectivity index (χ2n) is 10.4. The number of fused-ring (bicyclic) bond motifs is 1. The van der Waals surface area contributed by atoms with Crippen LogP contribution in [-0.2, 0) is 13.2 Å². The molecule has 0 radical (unpaired) electrons. The van der Waals surface area contributed by atoms with Gasteiger partial charge in [-0.2, -0.15) is 13.2 Å². The fourth-order valence-corrected chi connectivity index (χ4v) is 5.59. The highest BCUT2D eigenvalue weighted by Gasteiger charge is 2.39. The Balaban J connectivity index is 1.50. The molecule has 0 atom stereocenters. The van der Waals surface area contributed by atoms with Gasteiger partial charge < -0.3 is 4.57 Å². The Hall–Kier alpha value is -4.07. The highest BCUT2D eigenvalue weighted by Crippen LogP contribution is 2.44. The lowest BCUT2D eigenvalue weighted by molar-refractivity contribution is -0.136. The average molecular weight is 586 g/mol. The summed E-state index contributed by atoms with van der Waals surface area (Å²) in [6.45, 7) is 0. The summed E-state index contributed by atoms with van der Waals surface area (Å²) >= 11 is -0.339. The Morgan fingerprint density at radius 1 is 1.00 bits per heavy atom. The molecule has 2 aliphatic rings. The third kappa shape index (κ3) is 4.40. The lowest BCUT2D eigenvalue weighted by atomic mass is 9.98. The molecule has 210 valence electrons. The van der Waals surface area contributed by atoms with Crippen molar-refractivity contribution in [2.75, 3.05) is 0 Å². The van der Waals surface area contributed by atoms with Gasteiger partial charge in [0.25, 0.3) is 5.56 Å². The van der Waals surface area contributed by atoms with E-state index in [1.807, 2.05) is 0 Å². The zero-order chi connectivity index (χ0) is 28.6. The Morgan fingerprint density at radius 2 is 1.76 bits per heavy atom. The van der Waals surface area contributed by atoms with Crippen LogP contribution < -0.4 is 5.56 Å². The number of hydrogen-bond acceptors (Lipinski definition) is 6. The first kappa shape index (κ1) is 25.9. The molecule has 14 heteroatoms. The summed E-state index contributed by atoms with van der Waals surface area (Å²) in [6, 6.07) is 7.36. The fourth-order valence-electron chi connectivity index (χ4n) is 5.09. The number of rotatable bonds is 6. The van der Waals surface area contributed by atoms with Crippen LogP contribution in [0.5, 0.6) is 0 Å². The molecule has 2 fully saturated rings. The molecule has 8 nitrogen and oxygen atoms in total. The van der Waals surface area contributed by atoms with Crippen molar-refractivity contribution in [3.05, 3.63) is 76.1 Å².